The number of hydrogen-bond acceptors (Lipinski definition) is 5. The fourth-order valence-corrected chi connectivity index (χ4v) is 2.01. The summed E-state index contributed by atoms with van der Waals surface area (Å²) in [6.07, 6.45) is 2.71. The minimum Gasteiger partial charge on any atom is -0.350 e. The lowest BCUT2D eigenvalue weighted by atomic mass is 10.1. The standard InChI is InChI=1S/C15H27N5O/c1-5-6-13-9-12(10-14(18-13)19-16)15(21)17-11(2)7-8-20(3)4/h9-11H,5-8,16H2,1-4H3,(H,17,21)(H,18,19). The number of nitrogens with zero attached hydrogens (tertiary/aromatic N) is 2. The van der Waals surface area contributed by atoms with Crippen LogP contribution in [-0.4, -0.2) is 42.5 Å². The molecule has 0 bridgehead atoms. The van der Waals surface area contributed by atoms with E-state index < -0.39 is 0 Å². The van der Waals surface area contributed by atoms with Gasteiger partial charge in [0.05, 0.1) is 0 Å². The smallest absolute Gasteiger partial charge is 0.251 e. The van der Waals surface area contributed by atoms with Crippen LogP contribution in [0, 0.1) is 0 Å². The molecule has 21 heavy (non-hydrogen) atoms. The summed E-state index contributed by atoms with van der Waals surface area (Å²) in [6.45, 7) is 5.03. The van der Waals surface area contributed by atoms with Crippen LogP contribution >= 0.6 is 0 Å². The zero-order valence-corrected chi connectivity index (χ0v) is 13.4. The number of hydrogen-bond donors (Lipinski definition) is 3. The van der Waals surface area contributed by atoms with E-state index >= 15 is 0 Å². The lowest BCUT2D eigenvalue weighted by Gasteiger charge is -2.17. The van der Waals surface area contributed by atoms with Gasteiger partial charge in [0.25, 0.3) is 5.91 Å². The first-order chi connectivity index (χ1) is 9.96. The predicted octanol–water partition coefficient (Wildman–Crippen LogP) is 1.39. The average molecular weight is 293 g/mol. The Morgan fingerprint density at radius 2 is 2.14 bits per heavy atom. The van der Waals surface area contributed by atoms with E-state index in [1.165, 1.54) is 0 Å². The molecule has 1 atom stereocenters. The zero-order chi connectivity index (χ0) is 15.8. The van der Waals surface area contributed by atoms with Crippen molar-refractivity contribution in [1.29, 1.82) is 0 Å². The summed E-state index contributed by atoms with van der Waals surface area (Å²) in [5.41, 5.74) is 3.99. The summed E-state index contributed by atoms with van der Waals surface area (Å²) < 4.78 is 0. The van der Waals surface area contributed by atoms with Crippen molar-refractivity contribution in [1.82, 2.24) is 15.2 Å². The molecule has 0 saturated carbocycles. The highest BCUT2D eigenvalue weighted by Gasteiger charge is 2.12. The van der Waals surface area contributed by atoms with Crippen molar-refractivity contribution in [3.8, 4) is 0 Å². The molecule has 0 saturated heterocycles. The lowest BCUT2D eigenvalue weighted by molar-refractivity contribution is 0.0936. The number of anilines is 1. The van der Waals surface area contributed by atoms with Gasteiger partial charge in [-0.05, 0) is 52.5 Å². The molecule has 1 aromatic rings. The quantitative estimate of drug-likeness (QED) is 0.498. The molecule has 6 nitrogen and oxygen atoms in total. The lowest BCUT2D eigenvalue weighted by Crippen LogP contribution is -2.35. The van der Waals surface area contributed by atoms with Crippen LogP contribution in [0.5, 0.6) is 0 Å². The van der Waals surface area contributed by atoms with Gasteiger partial charge >= 0.3 is 0 Å². The topological polar surface area (TPSA) is 83.3 Å². The molecule has 0 spiro atoms. The van der Waals surface area contributed by atoms with Crippen LogP contribution < -0.4 is 16.6 Å². The van der Waals surface area contributed by atoms with Gasteiger partial charge in [0.15, 0.2) is 0 Å². The second-order valence-electron chi connectivity index (χ2n) is 5.59. The molecule has 6 heteroatoms. The summed E-state index contributed by atoms with van der Waals surface area (Å²) >= 11 is 0. The highest BCUT2D eigenvalue weighted by Crippen LogP contribution is 2.12. The molecule has 4 N–H and O–H groups in total. The number of nitrogens with one attached hydrogen (secondary N) is 2. The molecule has 0 aliphatic rings. The van der Waals surface area contributed by atoms with Crippen molar-refractivity contribution >= 4 is 11.7 Å². The van der Waals surface area contributed by atoms with Crippen molar-refractivity contribution in [3.63, 3.8) is 0 Å². The zero-order valence-electron chi connectivity index (χ0n) is 13.4. The number of rotatable bonds is 8. The minimum absolute atomic E-state index is 0.0856. The second-order valence-corrected chi connectivity index (χ2v) is 5.59. The molecule has 118 valence electrons. The molecular weight excluding hydrogens is 266 g/mol. The number of amides is 1. The highest BCUT2D eigenvalue weighted by molar-refractivity contribution is 5.95. The molecule has 1 heterocycles. The maximum absolute atomic E-state index is 12.3. The van der Waals surface area contributed by atoms with Gasteiger partial charge in [0.1, 0.15) is 5.82 Å². The molecule has 0 aromatic carbocycles. The molecule has 1 aromatic heterocycles. The third-order valence-electron chi connectivity index (χ3n) is 3.18. The van der Waals surface area contributed by atoms with Gasteiger partial charge in [-0.25, -0.2) is 10.8 Å². The normalized spacial score (nSPS) is 12.3. The first-order valence-corrected chi connectivity index (χ1v) is 7.39. The number of carbonyl (C=O) groups excluding carboxylic acids is 1. The Morgan fingerprint density at radius 3 is 2.71 bits per heavy atom. The van der Waals surface area contributed by atoms with Gasteiger partial charge in [0.2, 0.25) is 0 Å². The van der Waals surface area contributed by atoms with E-state index in [2.05, 4.69) is 27.6 Å². The molecule has 0 radical (unpaired) electrons. The van der Waals surface area contributed by atoms with E-state index in [1.807, 2.05) is 27.1 Å². The molecule has 0 aliphatic carbocycles. The van der Waals surface area contributed by atoms with Crippen LogP contribution in [0.3, 0.4) is 0 Å². The second kappa shape index (κ2) is 8.59. The van der Waals surface area contributed by atoms with Gasteiger partial charge in [0, 0.05) is 17.3 Å². The van der Waals surface area contributed by atoms with Crippen molar-refractivity contribution in [2.24, 2.45) is 5.84 Å². The summed E-state index contributed by atoms with van der Waals surface area (Å²) in [7, 11) is 4.04. The molecule has 0 aliphatic heterocycles. The fourth-order valence-electron chi connectivity index (χ4n) is 2.01. The number of hydrazine groups is 1. The Kier molecular flexibility index (Phi) is 7.11. The van der Waals surface area contributed by atoms with Crippen LogP contribution in [0.2, 0.25) is 0 Å². The van der Waals surface area contributed by atoms with Gasteiger partial charge in [-0.2, -0.15) is 0 Å². The van der Waals surface area contributed by atoms with E-state index in [0.29, 0.717) is 11.4 Å². The molecule has 1 rings (SSSR count). The van der Waals surface area contributed by atoms with E-state index in [9.17, 15) is 4.79 Å². The van der Waals surface area contributed by atoms with Crippen molar-refractivity contribution < 1.29 is 4.79 Å². The monoisotopic (exact) mass is 293 g/mol. The SMILES string of the molecule is CCCc1cc(C(=O)NC(C)CCN(C)C)cc(NN)n1. The third-order valence-corrected chi connectivity index (χ3v) is 3.18. The molecule has 1 unspecified atom stereocenters. The number of nitrogen functional groups attached to an aromatic ring is 1. The number of pyridine rings is 1. The van der Waals surface area contributed by atoms with Gasteiger partial charge in [-0.15, -0.1) is 0 Å². The Labute approximate surface area is 127 Å². The van der Waals surface area contributed by atoms with E-state index in [4.69, 9.17) is 5.84 Å². The minimum atomic E-state index is -0.0856. The predicted molar refractivity (Wildman–Crippen MR) is 86.1 cm³/mol. The van der Waals surface area contributed by atoms with Gasteiger partial charge in [-0.1, -0.05) is 13.3 Å². The maximum Gasteiger partial charge on any atom is 0.251 e. The van der Waals surface area contributed by atoms with Crippen LogP contribution in [0.4, 0.5) is 5.82 Å². The van der Waals surface area contributed by atoms with E-state index in [-0.39, 0.29) is 11.9 Å². The first-order valence-electron chi connectivity index (χ1n) is 7.39. The van der Waals surface area contributed by atoms with Crippen molar-refractivity contribution in [3.05, 3.63) is 23.4 Å². The van der Waals surface area contributed by atoms with E-state index in [0.717, 1.165) is 31.5 Å². The van der Waals surface area contributed by atoms with Gasteiger partial charge in [-0.3, -0.25) is 4.79 Å². The number of aryl methyl sites for hydroxylation is 1. The third kappa shape index (κ3) is 6.10. The molecular formula is C15H27N5O. The largest absolute Gasteiger partial charge is 0.350 e. The molecule has 0 fully saturated rings. The Hall–Kier alpha value is -1.66. The van der Waals surface area contributed by atoms with Crippen molar-refractivity contribution in [2.75, 3.05) is 26.1 Å². The maximum atomic E-state index is 12.3. The number of aromatic nitrogens is 1. The Bertz CT molecular complexity index is 461. The summed E-state index contributed by atoms with van der Waals surface area (Å²) in [4.78, 5) is 18.7. The summed E-state index contributed by atoms with van der Waals surface area (Å²) in [5.74, 6) is 5.85. The summed E-state index contributed by atoms with van der Waals surface area (Å²) in [5, 5.41) is 3.01. The number of nitrogens with two attached hydrogens (primary N) is 1. The first kappa shape index (κ1) is 17.4. The van der Waals surface area contributed by atoms with Crippen LogP contribution in [0.25, 0.3) is 0 Å². The van der Waals surface area contributed by atoms with Gasteiger partial charge < -0.3 is 15.6 Å². The van der Waals surface area contributed by atoms with Crippen LogP contribution in [0.1, 0.15) is 42.7 Å². The fraction of sp³-hybridized carbons (Fsp3) is 0.600. The average Bonchev–Trinajstić information content (AvgIpc) is 2.45. The van der Waals surface area contributed by atoms with E-state index in [1.54, 1.807) is 6.07 Å². The Morgan fingerprint density at radius 1 is 1.43 bits per heavy atom. The summed E-state index contributed by atoms with van der Waals surface area (Å²) in [6, 6.07) is 3.63. The van der Waals surface area contributed by atoms with Crippen molar-refractivity contribution in [2.45, 2.75) is 39.2 Å². The van der Waals surface area contributed by atoms with Crippen LogP contribution in [0.15, 0.2) is 12.1 Å². The number of carbonyl (C=O) groups is 1. The molecule has 1 amide bonds. The van der Waals surface area contributed by atoms with Crippen LogP contribution in [-0.2, 0) is 6.42 Å². The highest BCUT2D eigenvalue weighted by atomic mass is 16.1. The Balaban J connectivity index is 2.74.